The summed E-state index contributed by atoms with van der Waals surface area (Å²) in [4.78, 5) is 5.72. The number of aryl methyl sites for hydroxylation is 1. The lowest BCUT2D eigenvalue weighted by Crippen LogP contribution is -1.90. The van der Waals surface area contributed by atoms with E-state index in [1.807, 2.05) is 43.3 Å². The summed E-state index contributed by atoms with van der Waals surface area (Å²) in [6.45, 7) is 2.02. The van der Waals surface area contributed by atoms with Crippen molar-refractivity contribution in [2.24, 2.45) is 0 Å². The molecule has 0 unspecified atom stereocenters. The van der Waals surface area contributed by atoms with Crippen molar-refractivity contribution in [2.75, 3.05) is 5.32 Å². The summed E-state index contributed by atoms with van der Waals surface area (Å²) in [5.74, 6) is 0. The van der Waals surface area contributed by atoms with Crippen molar-refractivity contribution in [3.63, 3.8) is 0 Å². The maximum Gasteiger partial charge on any atom is 0.188 e. The van der Waals surface area contributed by atoms with Gasteiger partial charge >= 0.3 is 0 Å². The van der Waals surface area contributed by atoms with Gasteiger partial charge in [-0.15, -0.1) is 11.3 Å². The minimum Gasteiger partial charge on any atom is -0.330 e. The van der Waals surface area contributed by atoms with Crippen LogP contribution in [0.5, 0.6) is 0 Å². The van der Waals surface area contributed by atoms with Gasteiger partial charge in [-0.1, -0.05) is 53.0 Å². The number of anilines is 2. The fraction of sp³-hybridized carbons (Fsp3) is 0.0625. The molecule has 1 aromatic heterocycles. The Morgan fingerprint density at radius 2 is 1.73 bits per heavy atom. The van der Waals surface area contributed by atoms with Crippen LogP contribution in [-0.4, -0.2) is 4.98 Å². The first kappa shape index (κ1) is 15.6. The van der Waals surface area contributed by atoms with E-state index in [9.17, 15) is 0 Å². The van der Waals surface area contributed by atoms with Crippen LogP contribution in [0.15, 0.2) is 42.5 Å². The quantitative estimate of drug-likeness (QED) is 0.547. The van der Waals surface area contributed by atoms with Gasteiger partial charge in [-0.05, 0) is 31.2 Å². The Morgan fingerprint density at radius 1 is 0.955 bits per heavy atom. The van der Waals surface area contributed by atoms with Gasteiger partial charge in [-0.25, -0.2) is 4.98 Å². The molecule has 3 rings (SSSR count). The van der Waals surface area contributed by atoms with Crippen molar-refractivity contribution in [2.45, 2.75) is 6.92 Å². The van der Waals surface area contributed by atoms with E-state index >= 15 is 0 Å². The van der Waals surface area contributed by atoms with Crippen LogP contribution in [0.2, 0.25) is 15.1 Å². The molecule has 0 amide bonds. The van der Waals surface area contributed by atoms with Crippen molar-refractivity contribution in [1.82, 2.24) is 4.98 Å². The Balaban J connectivity index is 1.94. The maximum atomic E-state index is 6.16. The summed E-state index contributed by atoms with van der Waals surface area (Å²) < 4.78 is 0. The summed E-state index contributed by atoms with van der Waals surface area (Å²) in [6, 6.07) is 13.1. The molecule has 0 bridgehead atoms. The Kier molecular flexibility index (Phi) is 4.59. The fourth-order valence-corrected chi connectivity index (χ4v) is 3.37. The molecule has 0 spiro atoms. The first-order valence-corrected chi connectivity index (χ1v) is 8.44. The number of aromatic nitrogens is 1. The minimum atomic E-state index is 0.521. The van der Waals surface area contributed by atoms with Crippen molar-refractivity contribution in [1.29, 1.82) is 0 Å². The molecule has 112 valence electrons. The number of hydrogen-bond donors (Lipinski definition) is 1. The van der Waals surface area contributed by atoms with Crippen molar-refractivity contribution in [3.8, 4) is 11.3 Å². The zero-order chi connectivity index (χ0) is 15.7. The SMILES string of the molecule is Cc1sc(Nc2ccccc2Cl)nc1-c1ccc(Cl)c(Cl)c1. The Bertz CT molecular complexity index is 830. The molecule has 1 heterocycles. The highest BCUT2D eigenvalue weighted by Gasteiger charge is 2.12. The van der Waals surface area contributed by atoms with Crippen LogP contribution in [0, 0.1) is 6.92 Å². The zero-order valence-corrected chi connectivity index (χ0v) is 14.6. The normalized spacial score (nSPS) is 10.7. The molecule has 0 radical (unpaired) electrons. The van der Waals surface area contributed by atoms with Crippen molar-refractivity contribution >= 4 is 57.0 Å². The van der Waals surface area contributed by atoms with E-state index in [0.29, 0.717) is 15.1 Å². The van der Waals surface area contributed by atoms with Gasteiger partial charge in [-0.3, -0.25) is 0 Å². The highest BCUT2D eigenvalue weighted by atomic mass is 35.5. The molecule has 0 aliphatic rings. The molecule has 2 nitrogen and oxygen atoms in total. The number of nitrogens with one attached hydrogen (secondary N) is 1. The highest BCUT2D eigenvalue weighted by molar-refractivity contribution is 7.16. The molecule has 0 aliphatic heterocycles. The van der Waals surface area contributed by atoms with Gasteiger partial charge in [0.05, 0.1) is 26.4 Å². The molecule has 0 saturated carbocycles. The average molecular weight is 370 g/mol. The number of benzene rings is 2. The lowest BCUT2D eigenvalue weighted by atomic mass is 10.1. The monoisotopic (exact) mass is 368 g/mol. The van der Waals surface area contributed by atoms with E-state index in [-0.39, 0.29) is 0 Å². The van der Waals surface area contributed by atoms with Crippen LogP contribution < -0.4 is 5.32 Å². The number of thiazole rings is 1. The molecular formula is C16H11Cl3N2S. The molecular weight excluding hydrogens is 359 g/mol. The van der Waals surface area contributed by atoms with E-state index in [2.05, 4.69) is 10.3 Å². The molecule has 0 saturated heterocycles. The van der Waals surface area contributed by atoms with Crippen LogP contribution in [0.1, 0.15) is 4.88 Å². The fourth-order valence-electron chi connectivity index (χ4n) is 2.04. The van der Waals surface area contributed by atoms with Gasteiger partial charge in [-0.2, -0.15) is 0 Å². The second-order valence-electron chi connectivity index (χ2n) is 4.66. The topological polar surface area (TPSA) is 24.9 Å². The summed E-state index contributed by atoms with van der Waals surface area (Å²) in [6.07, 6.45) is 0. The molecule has 0 atom stereocenters. The lowest BCUT2D eigenvalue weighted by Gasteiger charge is -2.04. The minimum absolute atomic E-state index is 0.521. The van der Waals surface area contributed by atoms with Crippen molar-refractivity contribution in [3.05, 3.63) is 62.4 Å². The molecule has 2 aromatic carbocycles. The van der Waals surface area contributed by atoms with Crippen LogP contribution in [0.25, 0.3) is 11.3 Å². The van der Waals surface area contributed by atoms with Crippen LogP contribution >= 0.6 is 46.1 Å². The van der Waals surface area contributed by atoms with E-state index < -0.39 is 0 Å². The first-order valence-electron chi connectivity index (χ1n) is 6.49. The highest BCUT2D eigenvalue weighted by Crippen LogP contribution is 2.35. The number of nitrogens with zero attached hydrogens (tertiary/aromatic N) is 1. The van der Waals surface area contributed by atoms with Gasteiger partial charge in [0.15, 0.2) is 5.13 Å². The van der Waals surface area contributed by atoms with Crippen molar-refractivity contribution < 1.29 is 0 Å². The molecule has 0 fully saturated rings. The lowest BCUT2D eigenvalue weighted by molar-refractivity contribution is 1.36. The van der Waals surface area contributed by atoms with Gasteiger partial charge in [0.25, 0.3) is 0 Å². The predicted octanol–water partition coefficient (Wildman–Crippen LogP) is 6.82. The summed E-state index contributed by atoms with van der Waals surface area (Å²) in [5, 5.41) is 5.74. The van der Waals surface area contributed by atoms with Gasteiger partial charge in [0.1, 0.15) is 0 Å². The zero-order valence-electron chi connectivity index (χ0n) is 11.5. The van der Waals surface area contributed by atoms with E-state index in [1.54, 1.807) is 17.4 Å². The van der Waals surface area contributed by atoms with Gasteiger partial charge < -0.3 is 5.32 Å². The Morgan fingerprint density at radius 3 is 2.45 bits per heavy atom. The maximum absolute atomic E-state index is 6.16. The molecule has 22 heavy (non-hydrogen) atoms. The van der Waals surface area contributed by atoms with Gasteiger partial charge in [0.2, 0.25) is 0 Å². The number of hydrogen-bond acceptors (Lipinski definition) is 3. The predicted molar refractivity (Wildman–Crippen MR) is 97.0 cm³/mol. The largest absolute Gasteiger partial charge is 0.330 e. The standard InChI is InChI=1S/C16H11Cl3N2S/c1-9-15(10-6-7-11(17)13(19)8-10)21-16(22-9)20-14-5-3-2-4-12(14)18/h2-8H,1H3,(H,20,21). The number of para-hydroxylation sites is 1. The molecule has 0 aliphatic carbocycles. The second kappa shape index (κ2) is 6.47. The molecule has 6 heteroatoms. The second-order valence-corrected chi connectivity index (χ2v) is 7.08. The first-order chi connectivity index (χ1) is 10.5. The van der Waals surface area contributed by atoms with Crippen LogP contribution in [0.3, 0.4) is 0 Å². The average Bonchev–Trinajstić information content (AvgIpc) is 2.85. The summed E-state index contributed by atoms with van der Waals surface area (Å²) >= 11 is 19.8. The van der Waals surface area contributed by atoms with Crippen LogP contribution in [0.4, 0.5) is 10.8 Å². The molecule has 3 aromatic rings. The third-order valence-electron chi connectivity index (χ3n) is 3.11. The number of halogens is 3. The van der Waals surface area contributed by atoms with E-state index in [0.717, 1.165) is 27.0 Å². The Hall–Kier alpha value is -1.26. The molecule has 1 N–H and O–H groups in total. The van der Waals surface area contributed by atoms with Gasteiger partial charge in [0, 0.05) is 10.4 Å². The van der Waals surface area contributed by atoms with E-state index in [1.165, 1.54) is 0 Å². The summed E-state index contributed by atoms with van der Waals surface area (Å²) in [7, 11) is 0. The smallest absolute Gasteiger partial charge is 0.188 e. The van der Waals surface area contributed by atoms with E-state index in [4.69, 9.17) is 34.8 Å². The third-order valence-corrected chi connectivity index (χ3v) is 5.06. The number of rotatable bonds is 3. The summed E-state index contributed by atoms with van der Waals surface area (Å²) in [5.41, 5.74) is 2.66. The Labute approximate surface area is 147 Å². The third kappa shape index (κ3) is 3.23. The van der Waals surface area contributed by atoms with Crippen LogP contribution in [-0.2, 0) is 0 Å².